The Bertz CT molecular complexity index is 1370. The van der Waals surface area contributed by atoms with Crippen LogP contribution >= 0.6 is 0 Å². The molecule has 0 unspecified atom stereocenters. The molecule has 7 nitrogen and oxygen atoms in total. The van der Waals surface area contributed by atoms with Gasteiger partial charge in [0.05, 0.1) is 0 Å². The van der Waals surface area contributed by atoms with Crippen molar-refractivity contribution in [1.29, 1.82) is 0 Å². The zero-order valence-corrected chi connectivity index (χ0v) is 25.4. The lowest BCUT2D eigenvalue weighted by atomic mass is 9.87. The van der Waals surface area contributed by atoms with Gasteiger partial charge in [-0.2, -0.15) is 0 Å². The van der Waals surface area contributed by atoms with Crippen LogP contribution in [0, 0.1) is 17.7 Å². The first kappa shape index (κ1) is 31.9. The summed E-state index contributed by atoms with van der Waals surface area (Å²) < 4.78 is 13.3. The molecule has 4 atom stereocenters. The summed E-state index contributed by atoms with van der Waals surface area (Å²) in [6.45, 7) is 6.76. The summed E-state index contributed by atoms with van der Waals surface area (Å²) in [5.41, 5.74) is 2.27. The highest BCUT2D eigenvalue weighted by Gasteiger charge is 2.30. The van der Waals surface area contributed by atoms with Crippen LogP contribution in [0.4, 0.5) is 10.1 Å². The summed E-state index contributed by atoms with van der Waals surface area (Å²) in [5, 5.41) is 6.00. The van der Waals surface area contributed by atoms with E-state index in [9.17, 15) is 18.8 Å². The van der Waals surface area contributed by atoms with Crippen molar-refractivity contribution in [3.05, 3.63) is 95.6 Å². The van der Waals surface area contributed by atoms with Gasteiger partial charge in [0.15, 0.2) is 0 Å². The van der Waals surface area contributed by atoms with Gasteiger partial charge in [-0.15, -0.1) is 0 Å². The van der Waals surface area contributed by atoms with E-state index in [1.807, 2.05) is 49.1 Å². The third-order valence-corrected chi connectivity index (χ3v) is 8.35. The molecular formula is C35H43FN4O3. The number of carbonyl (C=O) groups is 3. The van der Waals surface area contributed by atoms with E-state index in [-0.39, 0.29) is 53.2 Å². The lowest BCUT2D eigenvalue weighted by Crippen LogP contribution is -2.42. The van der Waals surface area contributed by atoms with Crippen molar-refractivity contribution in [1.82, 2.24) is 15.2 Å². The third kappa shape index (κ3) is 8.96. The van der Waals surface area contributed by atoms with Crippen LogP contribution in [0.3, 0.4) is 0 Å². The molecule has 2 aromatic carbocycles. The highest BCUT2D eigenvalue weighted by molar-refractivity contribution is 5.98. The number of halogens is 1. The van der Waals surface area contributed by atoms with Crippen LogP contribution in [0.1, 0.15) is 85.7 Å². The Morgan fingerprint density at radius 2 is 1.79 bits per heavy atom. The second-order valence-corrected chi connectivity index (χ2v) is 11.7. The van der Waals surface area contributed by atoms with E-state index in [1.54, 1.807) is 12.1 Å². The monoisotopic (exact) mass is 586 g/mol. The highest BCUT2D eigenvalue weighted by Crippen LogP contribution is 2.25. The zero-order chi connectivity index (χ0) is 30.8. The van der Waals surface area contributed by atoms with Gasteiger partial charge in [0.2, 0.25) is 5.91 Å². The number of hydrogen-bond acceptors (Lipinski definition) is 4. The average molecular weight is 587 g/mol. The number of hydrogen-bond donors (Lipinski definition) is 2. The Morgan fingerprint density at radius 3 is 2.51 bits per heavy atom. The number of likely N-dealkylation sites (tertiary alicyclic amines) is 1. The quantitative estimate of drug-likeness (QED) is 0.234. The number of carbonyl (C=O) groups excluding carboxylic acids is 3. The van der Waals surface area contributed by atoms with Crippen molar-refractivity contribution in [2.24, 2.45) is 11.8 Å². The predicted molar refractivity (Wildman–Crippen MR) is 167 cm³/mol. The van der Waals surface area contributed by atoms with Gasteiger partial charge in [0, 0.05) is 42.0 Å². The lowest BCUT2D eigenvalue weighted by Gasteiger charge is -2.27. The maximum atomic E-state index is 13.5. The zero-order valence-electron chi connectivity index (χ0n) is 25.4. The van der Waals surface area contributed by atoms with Crippen LogP contribution in [0.15, 0.2) is 72.9 Å². The topological polar surface area (TPSA) is 91.4 Å². The second-order valence-electron chi connectivity index (χ2n) is 11.7. The molecular weight excluding hydrogens is 543 g/mol. The van der Waals surface area contributed by atoms with E-state index < -0.39 is 0 Å². The van der Waals surface area contributed by atoms with Gasteiger partial charge in [-0.1, -0.05) is 63.9 Å². The molecule has 2 N–H and O–H groups in total. The molecule has 8 heteroatoms. The number of amides is 3. The molecule has 4 rings (SSSR count). The van der Waals surface area contributed by atoms with Crippen molar-refractivity contribution in [3.8, 4) is 0 Å². The van der Waals surface area contributed by atoms with Crippen molar-refractivity contribution in [2.75, 3.05) is 11.9 Å². The summed E-state index contributed by atoms with van der Waals surface area (Å²) >= 11 is 0. The van der Waals surface area contributed by atoms with E-state index in [4.69, 9.17) is 0 Å². The van der Waals surface area contributed by atoms with Crippen molar-refractivity contribution in [2.45, 2.75) is 77.8 Å². The minimum atomic E-state index is -0.365. The maximum absolute atomic E-state index is 13.5. The third-order valence-electron chi connectivity index (χ3n) is 8.35. The summed E-state index contributed by atoms with van der Waals surface area (Å²) in [4.78, 5) is 46.1. The van der Waals surface area contributed by atoms with Crippen LogP contribution in [0.2, 0.25) is 0 Å². The molecule has 2 heterocycles. The van der Waals surface area contributed by atoms with Crippen molar-refractivity contribution >= 4 is 23.4 Å². The molecule has 1 aliphatic rings. The normalized spacial score (nSPS) is 16.7. The number of unbranched alkanes of at least 4 members (excludes halogenated alkanes) is 1. The number of benzene rings is 2. The van der Waals surface area contributed by atoms with E-state index in [0.29, 0.717) is 24.1 Å². The van der Waals surface area contributed by atoms with E-state index in [2.05, 4.69) is 22.5 Å². The van der Waals surface area contributed by atoms with Crippen LogP contribution in [0.5, 0.6) is 0 Å². The standard InChI is InChI=1S/C35H43FN4O3/c1-4-5-12-30-13-9-20-40(30)35(43)27-18-19-37-32(23-27)34(42)39-31(22-26-10-7-6-8-11-26)24(2)21-25(3)33(41)38-29-16-14-28(36)15-17-29/h6-8,10-11,14-19,23-25,30-31H,4-5,9,12-13,20-22H2,1-3H3,(H,38,41)(H,39,42)/t24-,25+,30-,31-/m0/s1. The van der Waals surface area contributed by atoms with E-state index in [0.717, 1.165) is 44.2 Å². The van der Waals surface area contributed by atoms with Crippen LogP contribution in [-0.4, -0.2) is 46.2 Å². The largest absolute Gasteiger partial charge is 0.347 e. The number of aromatic nitrogens is 1. The molecule has 0 spiro atoms. The molecule has 0 bridgehead atoms. The first-order chi connectivity index (χ1) is 20.7. The minimum absolute atomic E-state index is 0.0507. The van der Waals surface area contributed by atoms with Gasteiger partial charge in [0.1, 0.15) is 11.5 Å². The molecule has 3 aromatic rings. The van der Waals surface area contributed by atoms with Crippen LogP contribution in [0.25, 0.3) is 0 Å². The smallest absolute Gasteiger partial charge is 0.270 e. The van der Waals surface area contributed by atoms with Gasteiger partial charge >= 0.3 is 0 Å². The summed E-state index contributed by atoms with van der Waals surface area (Å²) in [5.74, 6) is -1.35. The van der Waals surface area contributed by atoms with E-state index in [1.165, 1.54) is 30.5 Å². The molecule has 1 aromatic heterocycles. The fraction of sp³-hybridized carbons (Fsp3) is 0.429. The second kappa shape index (κ2) is 15.4. The predicted octanol–water partition coefficient (Wildman–Crippen LogP) is 6.66. The maximum Gasteiger partial charge on any atom is 0.270 e. The molecule has 43 heavy (non-hydrogen) atoms. The Kier molecular flexibility index (Phi) is 11.4. The Balaban J connectivity index is 1.45. The summed E-state index contributed by atoms with van der Waals surface area (Å²) in [6.07, 6.45) is 7.82. The average Bonchev–Trinajstić information content (AvgIpc) is 3.49. The molecule has 0 aliphatic carbocycles. The van der Waals surface area contributed by atoms with Crippen LogP contribution < -0.4 is 10.6 Å². The van der Waals surface area contributed by atoms with Crippen molar-refractivity contribution < 1.29 is 18.8 Å². The van der Waals surface area contributed by atoms with Gasteiger partial charge in [-0.05, 0) is 80.0 Å². The molecule has 228 valence electrons. The van der Waals surface area contributed by atoms with Gasteiger partial charge in [0.25, 0.3) is 11.8 Å². The summed E-state index contributed by atoms with van der Waals surface area (Å²) in [6, 6.07) is 18.8. The van der Waals surface area contributed by atoms with Crippen LogP contribution in [-0.2, 0) is 11.2 Å². The fourth-order valence-electron chi connectivity index (χ4n) is 5.83. The van der Waals surface area contributed by atoms with Gasteiger partial charge in [-0.3, -0.25) is 19.4 Å². The minimum Gasteiger partial charge on any atom is -0.347 e. The first-order valence-electron chi connectivity index (χ1n) is 15.4. The SMILES string of the molecule is CCCC[C@H]1CCCN1C(=O)c1ccnc(C(=O)N[C@@H](Cc2ccccc2)[C@@H](C)C[C@@H](C)C(=O)Nc2ccc(F)cc2)c1. The van der Waals surface area contributed by atoms with Gasteiger partial charge < -0.3 is 15.5 Å². The molecule has 0 radical (unpaired) electrons. The summed E-state index contributed by atoms with van der Waals surface area (Å²) in [7, 11) is 0. The number of nitrogens with one attached hydrogen (secondary N) is 2. The molecule has 1 aliphatic heterocycles. The van der Waals surface area contributed by atoms with E-state index >= 15 is 0 Å². The molecule has 1 saturated heterocycles. The Hall–Kier alpha value is -4.07. The first-order valence-corrected chi connectivity index (χ1v) is 15.4. The highest BCUT2D eigenvalue weighted by atomic mass is 19.1. The number of rotatable bonds is 13. The number of pyridine rings is 1. The molecule has 3 amide bonds. The Morgan fingerprint density at radius 1 is 1.05 bits per heavy atom. The lowest BCUT2D eigenvalue weighted by molar-refractivity contribution is -0.119. The van der Waals surface area contributed by atoms with Crippen molar-refractivity contribution in [3.63, 3.8) is 0 Å². The number of nitrogens with zero attached hydrogens (tertiary/aromatic N) is 2. The number of anilines is 1. The molecule has 1 fully saturated rings. The molecule has 0 saturated carbocycles. The fourth-order valence-corrected chi connectivity index (χ4v) is 5.83. The Labute approximate surface area is 254 Å². The van der Waals surface area contributed by atoms with Gasteiger partial charge in [-0.25, -0.2) is 4.39 Å².